The van der Waals surface area contributed by atoms with Gasteiger partial charge in [0.1, 0.15) is 0 Å². The molecule has 110 valence electrons. The van der Waals surface area contributed by atoms with E-state index in [1.165, 1.54) is 16.7 Å². The summed E-state index contributed by atoms with van der Waals surface area (Å²) in [7, 11) is 2.11. The molecule has 1 aliphatic carbocycles. The zero-order valence-electron chi connectivity index (χ0n) is 12.6. The van der Waals surface area contributed by atoms with Crippen LogP contribution in [0.4, 0.5) is 0 Å². The van der Waals surface area contributed by atoms with Crippen molar-refractivity contribution in [1.82, 2.24) is 4.90 Å². The number of aliphatic hydroxyl groups is 1. The van der Waals surface area contributed by atoms with E-state index in [-0.39, 0.29) is 12.1 Å². The summed E-state index contributed by atoms with van der Waals surface area (Å²) in [5, 5.41) is 10.6. The fraction of sp³-hybridized carbons (Fsp3) is 0.368. The maximum Gasteiger partial charge on any atom is 0.0737 e. The lowest BCUT2D eigenvalue weighted by Crippen LogP contribution is -2.33. The minimum Gasteiger partial charge on any atom is -0.391 e. The molecule has 0 fully saturated rings. The number of aryl methyl sites for hydroxylation is 1. The number of rotatable bonds is 3. The van der Waals surface area contributed by atoms with Crippen molar-refractivity contribution in [3.8, 4) is 0 Å². The molecule has 1 N–H and O–H groups in total. The van der Waals surface area contributed by atoms with E-state index in [9.17, 15) is 5.11 Å². The molecule has 0 amide bonds. The van der Waals surface area contributed by atoms with Gasteiger partial charge >= 0.3 is 0 Å². The summed E-state index contributed by atoms with van der Waals surface area (Å²) in [6.07, 6.45) is 2.72. The van der Waals surface area contributed by atoms with Crippen LogP contribution in [-0.2, 0) is 13.0 Å². The molecule has 0 spiro atoms. The maximum absolute atomic E-state index is 10.6. The van der Waals surface area contributed by atoms with Gasteiger partial charge in [0.15, 0.2) is 0 Å². The molecule has 2 aromatic carbocycles. The van der Waals surface area contributed by atoms with Gasteiger partial charge in [-0.05, 0) is 43.0 Å². The van der Waals surface area contributed by atoms with Crippen molar-refractivity contribution < 1.29 is 5.11 Å². The molecule has 0 saturated heterocycles. The Bertz CT molecular complexity index is 581. The van der Waals surface area contributed by atoms with Gasteiger partial charge in [-0.2, -0.15) is 0 Å². The number of likely N-dealkylation sites (N-methyl/N-ethyl adjacent to an activating group) is 1. The molecule has 0 saturated carbocycles. The lowest BCUT2D eigenvalue weighted by Gasteiger charge is -2.32. The van der Waals surface area contributed by atoms with Crippen LogP contribution in [0, 0.1) is 0 Å². The van der Waals surface area contributed by atoms with Crippen molar-refractivity contribution in [2.24, 2.45) is 0 Å². The van der Waals surface area contributed by atoms with E-state index in [2.05, 4.69) is 60.5 Å². The first-order valence-corrected chi connectivity index (χ1v) is 7.76. The van der Waals surface area contributed by atoms with E-state index in [0.717, 1.165) is 25.8 Å². The summed E-state index contributed by atoms with van der Waals surface area (Å²) >= 11 is 0. The molecular weight excluding hydrogens is 258 g/mol. The molecule has 2 aromatic rings. The Balaban J connectivity index is 1.88. The van der Waals surface area contributed by atoms with Gasteiger partial charge in [-0.3, -0.25) is 4.90 Å². The summed E-state index contributed by atoms with van der Waals surface area (Å²) in [4.78, 5) is 2.28. The summed E-state index contributed by atoms with van der Waals surface area (Å²) in [5.74, 6) is 0. The van der Waals surface area contributed by atoms with Crippen LogP contribution in [0.25, 0.3) is 0 Å². The minimum absolute atomic E-state index is 0.0870. The van der Waals surface area contributed by atoms with Crippen molar-refractivity contribution in [2.75, 3.05) is 7.05 Å². The van der Waals surface area contributed by atoms with E-state index >= 15 is 0 Å². The van der Waals surface area contributed by atoms with Crippen LogP contribution in [0.5, 0.6) is 0 Å². The van der Waals surface area contributed by atoms with E-state index < -0.39 is 0 Å². The molecule has 0 unspecified atom stereocenters. The van der Waals surface area contributed by atoms with Gasteiger partial charge in [0.25, 0.3) is 0 Å². The first-order chi connectivity index (χ1) is 10.3. The topological polar surface area (TPSA) is 23.5 Å². The fourth-order valence-corrected chi connectivity index (χ4v) is 3.42. The minimum atomic E-state index is -0.289. The van der Waals surface area contributed by atoms with Crippen molar-refractivity contribution in [3.05, 3.63) is 71.3 Å². The molecular formula is C19H23NO. The quantitative estimate of drug-likeness (QED) is 0.870. The molecule has 2 heteroatoms. The number of nitrogens with zero attached hydrogens (tertiary/aromatic N) is 1. The Hall–Kier alpha value is -1.64. The highest BCUT2D eigenvalue weighted by atomic mass is 16.3. The molecule has 1 aliphatic rings. The molecule has 2 nitrogen and oxygen atoms in total. The van der Waals surface area contributed by atoms with Crippen LogP contribution in [-0.4, -0.2) is 23.2 Å². The van der Waals surface area contributed by atoms with Crippen LogP contribution in [0.1, 0.15) is 35.6 Å². The second-order valence-electron chi connectivity index (χ2n) is 6.00. The van der Waals surface area contributed by atoms with Crippen molar-refractivity contribution in [1.29, 1.82) is 0 Å². The largest absolute Gasteiger partial charge is 0.391 e. The second-order valence-corrected chi connectivity index (χ2v) is 6.00. The van der Waals surface area contributed by atoms with Gasteiger partial charge in [-0.15, -0.1) is 0 Å². The zero-order chi connectivity index (χ0) is 14.7. The molecule has 0 aromatic heterocycles. The van der Waals surface area contributed by atoms with Gasteiger partial charge < -0.3 is 5.11 Å². The number of fused-ring (bicyclic) bond motifs is 1. The highest BCUT2D eigenvalue weighted by Gasteiger charge is 2.29. The summed E-state index contributed by atoms with van der Waals surface area (Å²) in [6, 6.07) is 19.1. The van der Waals surface area contributed by atoms with Crippen LogP contribution < -0.4 is 0 Å². The standard InChI is InChI=1S/C19H23NO/c1-20(14-15-8-3-2-4-9-15)19-17-12-6-5-10-16(17)11-7-13-18(19)21/h2-6,8-10,12,18-19,21H,7,11,13-14H2,1H3/t18-,19-/m1/s1. The van der Waals surface area contributed by atoms with E-state index in [1.54, 1.807) is 0 Å². The van der Waals surface area contributed by atoms with E-state index in [1.807, 2.05) is 6.07 Å². The number of hydrogen-bond acceptors (Lipinski definition) is 2. The monoisotopic (exact) mass is 281 g/mol. The summed E-state index contributed by atoms with van der Waals surface area (Å²) < 4.78 is 0. The maximum atomic E-state index is 10.6. The molecule has 0 bridgehead atoms. The van der Waals surface area contributed by atoms with Crippen LogP contribution in [0.3, 0.4) is 0 Å². The predicted octanol–water partition coefficient (Wildman–Crippen LogP) is 3.56. The molecule has 21 heavy (non-hydrogen) atoms. The normalized spacial score (nSPS) is 21.9. The molecule has 0 heterocycles. The first kappa shape index (κ1) is 14.3. The van der Waals surface area contributed by atoms with Crippen molar-refractivity contribution >= 4 is 0 Å². The average molecular weight is 281 g/mol. The first-order valence-electron chi connectivity index (χ1n) is 7.76. The van der Waals surface area contributed by atoms with E-state index in [4.69, 9.17) is 0 Å². The lowest BCUT2D eigenvalue weighted by atomic mass is 9.96. The van der Waals surface area contributed by atoms with Crippen LogP contribution in [0.15, 0.2) is 54.6 Å². The highest BCUT2D eigenvalue weighted by molar-refractivity contribution is 5.32. The third-order valence-electron chi connectivity index (χ3n) is 4.43. The Kier molecular flexibility index (Phi) is 4.37. The van der Waals surface area contributed by atoms with Crippen LogP contribution >= 0.6 is 0 Å². The Morgan fingerprint density at radius 1 is 1.05 bits per heavy atom. The van der Waals surface area contributed by atoms with Gasteiger partial charge in [0.2, 0.25) is 0 Å². The number of aliphatic hydroxyl groups excluding tert-OH is 1. The van der Waals surface area contributed by atoms with Crippen molar-refractivity contribution in [3.63, 3.8) is 0 Å². The van der Waals surface area contributed by atoms with Gasteiger partial charge in [-0.1, -0.05) is 54.6 Å². The van der Waals surface area contributed by atoms with Crippen molar-refractivity contribution in [2.45, 2.75) is 38.0 Å². The molecule has 0 aliphatic heterocycles. The second kappa shape index (κ2) is 6.42. The van der Waals surface area contributed by atoms with E-state index in [0.29, 0.717) is 0 Å². The predicted molar refractivity (Wildman–Crippen MR) is 86.0 cm³/mol. The Labute approximate surface area is 127 Å². The highest BCUT2D eigenvalue weighted by Crippen LogP contribution is 2.33. The van der Waals surface area contributed by atoms with Gasteiger partial charge in [-0.25, -0.2) is 0 Å². The lowest BCUT2D eigenvalue weighted by molar-refractivity contribution is 0.0542. The molecule has 2 atom stereocenters. The molecule has 3 rings (SSSR count). The SMILES string of the molecule is CN(Cc1ccccc1)[C@@H]1c2ccccc2CCC[C@H]1O. The summed E-state index contributed by atoms with van der Waals surface area (Å²) in [5.41, 5.74) is 3.97. The smallest absolute Gasteiger partial charge is 0.0737 e. The third-order valence-corrected chi connectivity index (χ3v) is 4.43. The zero-order valence-corrected chi connectivity index (χ0v) is 12.6. The van der Waals surface area contributed by atoms with Gasteiger partial charge in [0.05, 0.1) is 12.1 Å². The number of benzene rings is 2. The summed E-state index contributed by atoms with van der Waals surface area (Å²) in [6.45, 7) is 0.858. The molecule has 0 radical (unpaired) electrons. The fourth-order valence-electron chi connectivity index (χ4n) is 3.42. The third kappa shape index (κ3) is 3.17. The Morgan fingerprint density at radius 2 is 1.76 bits per heavy atom. The van der Waals surface area contributed by atoms with Crippen LogP contribution in [0.2, 0.25) is 0 Å². The Morgan fingerprint density at radius 3 is 2.57 bits per heavy atom. The van der Waals surface area contributed by atoms with Gasteiger partial charge in [0, 0.05) is 6.54 Å². The number of hydrogen-bond donors (Lipinski definition) is 1. The average Bonchev–Trinajstić information content (AvgIpc) is 2.66.